The number of aliphatic imine (C=N–C) groups is 1. The van der Waals surface area contributed by atoms with Crippen LogP contribution in [0.4, 0.5) is 5.69 Å². The number of carbonyl (C=O) groups is 2. The van der Waals surface area contributed by atoms with Gasteiger partial charge in [0.05, 0.1) is 12.1 Å². The van der Waals surface area contributed by atoms with Gasteiger partial charge in [-0.25, -0.2) is 0 Å². The fourth-order valence-corrected chi connectivity index (χ4v) is 4.61. The molecule has 1 N–H and O–H groups in total. The van der Waals surface area contributed by atoms with Crippen molar-refractivity contribution in [3.8, 4) is 11.1 Å². The molecule has 2 heterocycles. The summed E-state index contributed by atoms with van der Waals surface area (Å²) in [7, 11) is 2.09. The van der Waals surface area contributed by atoms with Gasteiger partial charge in [-0.1, -0.05) is 67.9 Å². The molecule has 2 aliphatic rings. The van der Waals surface area contributed by atoms with Crippen LogP contribution in [0.5, 0.6) is 0 Å². The molecule has 0 aromatic heterocycles. The molecular formula is C30H29N4O2+. The van der Waals surface area contributed by atoms with Crippen LogP contribution in [0.1, 0.15) is 43.7 Å². The summed E-state index contributed by atoms with van der Waals surface area (Å²) in [6.07, 6.45) is 4.70. The van der Waals surface area contributed by atoms with E-state index in [9.17, 15) is 9.59 Å². The molecule has 3 aromatic rings. The lowest BCUT2D eigenvalue weighted by Gasteiger charge is -2.24. The molecule has 180 valence electrons. The highest BCUT2D eigenvalue weighted by Gasteiger charge is 2.38. The molecule has 0 aliphatic carbocycles. The summed E-state index contributed by atoms with van der Waals surface area (Å²) >= 11 is 0. The number of amides is 1. The van der Waals surface area contributed by atoms with Gasteiger partial charge >= 0.3 is 0 Å². The highest BCUT2D eigenvalue weighted by molar-refractivity contribution is 6.17. The van der Waals surface area contributed by atoms with Gasteiger partial charge in [0.15, 0.2) is 11.5 Å². The van der Waals surface area contributed by atoms with Crippen molar-refractivity contribution in [1.82, 2.24) is 9.91 Å². The van der Waals surface area contributed by atoms with Crippen molar-refractivity contribution in [2.45, 2.75) is 32.6 Å². The van der Waals surface area contributed by atoms with Crippen LogP contribution < -0.4 is 9.91 Å². The van der Waals surface area contributed by atoms with Crippen molar-refractivity contribution in [1.29, 1.82) is 0 Å². The van der Waals surface area contributed by atoms with E-state index in [2.05, 4.69) is 43.6 Å². The Balaban J connectivity index is 1.49. The number of ketones is 1. The number of carbonyl (C=O) groups excluding carboxylic acids is 2. The van der Waals surface area contributed by atoms with E-state index in [4.69, 9.17) is 10.1 Å². The number of amidine groups is 2. The lowest BCUT2D eigenvalue weighted by atomic mass is 9.98. The number of hydrogen-bond acceptors (Lipinski definition) is 4. The third kappa shape index (κ3) is 4.55. The van der Waals surface area contributed by atoms with E-state index in [1.807, 2.05) is 54.6 Å². The van der Waals surface area contributed by atoms with Crippen molar-refractivity contribution < 1.29 is 9.59 Å². The monoisotopic (exact) mass is 477 g/mol. The van der Waals surface area contributed by atoms with Gasteiger partial charge in [-0.3, -0.25) is 9.59 Å². The molecule has 0 radical (unpaired) electrons. The summed E-state index contributed by atoms with van der Waals surface area (Å²) in [6.45, 7) is 2.19. The summed E-state index contributed by atoms with van der Waals surface area (Å²) in [5.41, 5.74) is 5.29. The minimum Gasteiger partial charge on any atom is -0.323 e. The highest BCUT2D eigenvalue weighted by Crippen LogP contribution is 2.33. The number of allylic oxidation sites excluding steroid dienone is 1. The van der Waals surface area contributed by atoms with Crippen molar-refractivity contribution in [3.05, 3.63) is 95.7 Å². The molecule has 1 amide bonds. The number of nitrogens with zero attached hydrogens (tertiary/aromatic N) is 3. The second kappa shape index (κ2) is 9.84. The first kappa shape index (κ1) is 23.6. The first-order valence-electron chi connectivity index (χ1n) is 12.3. The molecule has 5 rings (SSSR count). The molecule has 3 aromatic carbocycles. The van der Waals surface area contributed by atoms with Gasteiger partial charge in [0, 0.05) is 24.1 Å². The van der Waals surface area contributed by atoms with Crippen molar-refractivity contribution in [2.24, 2.45) is 10.1 Å². The number of rotatable bonds is 7. The van der Waals surface area contributed by atoms with Gasteiger partial charge in [-0.15, -0.1) is 4.59 Å². The van der Waals surface area contributed by atoms with E-state index < -0.39 is 0 Å². The van der Waals surface area contributed by atoms with Crippen LogP contribution in [0.2, 0.25) is 0 Å². The molecule has 6 heteroatoms. The van der Waals surface area contributed by atoms with Crippen LogP contribution in [-0.4, -0.2) is 30.4 Å². The summed E-state index contributed by atoms with van der Waals surface area (Å²) in [5.74, 6) is 1.35. The van der Waals surface area contributed by atoms with E-state index >= 15 is 0 Å². The van der Waals surface area contributed by atoms with E-state index in [0.29, 0.717) is 10.3 Å². The summed E-state index contributed by atoms with van der Waals surface area (Å²) in [5, 5.41) is 7.73. The molecule has 2 aliphatic heterocycles. The zero-order valence-electron chi connectivity index (χ0n) is 20.6. The Bertz CT molecular complexity index is 1400. The van der Waals surface area contributed by atoms with Crippen LogP contribution >= 0.6 is 0 Å². The smallest absolute Gasteiger partial charge is 0.236 e. The zero-order valence-corrected chi connectivity index (χ0v) is 20.6. The largest absolute Gasteiger partial charge is 0.323 e. The Morgan fingerprint density at radius 1 is 0.917 bits per heavy atom. The molecule has 1 saturated heterocycles. The fraction of sp³-hybridized carbons (Fsp3) is 0.200. The number of hydrogen-bond donors (Lipinski definition) is 1. The van der Waals surface area contributed by atoms with Crippen molar-refractivity contribution in [2.75, 3.05) is 7.05 Å². The topological polar surface area (TPSA) is 70.9 Å². The maximum atomic E-state index is 12.1. The maximum absolute atomic E-state index is 12.1. The molecule has 0 spiro atoms. The number of Topliss-reactive ketones (excluding diaryl/α,β-unsaturated/α-hetero) is 1. The average Bonchev–Trinajstić information content (AvgIpc) is 3.41. The Morgan fingerprint density at radius 2 is 1.64 bits per heavy atom. The number of benzene rings is 3. The molecule has 1 atom stereocenters. The Hall–Kier alpha value is -4.16. The predicted octanol–water partition coefficient (Wildman–Crippen LogP) is 5.68. The van der Waals surface area contributed by atoms with E-state index in [1.54, 1.807) is 6.08 Å². The molecule has 1 fully saturated rings. The van der Waals surface area contributed by atoms with E-state index in [-0.39, 0.29) is 18.1 Å². The Morgan fingerprint density at radius 3 is 2.33 bits per heavy atom. The summed E-state index contributed by atoms with van der Waals surface area (Å²) in [6, 6.07) is 26.3. The standard InChI is InChI=1S/C30H28N4O2/c1-3-4-14-28-32-30(22-10-6-5-7-11-22)33-34(28,2)24-17-15-21(16-18-24)25-13-9-8-12-23(25)19-26-27(35)20-29(36)31-26/h5-13,15-19H,3-4,14,20H2,1-2H3/p+1/b26-19-. The minimum atomic E-state index is -0.258. The summed E-state index contributed by atoms with van der Waals surface area (Å²) < 4.78 is 0.302. The number of unbranched alkanes of at least 4 members (excludes halogenated alkanes) is 1. The van der Waals surface area contributed by atoms with Gasteiger partial charge in [-0.2, -0.15) is 4.99 Å². The second-order valence-electron chi connectivity index (χ2n) is 9.22. The SMILES string of the molecule is CCCCC1=NC(c2ccccc2)=N[N+]1(C)c1ccc(-c2ccccc2/C=C2\NC(=O)CC2=O)cc1. The third-order valence-electron chi connectivity index (χ3n) is 6.66. The maximum Gasteiger partial charge on any atom is 0.236 e. The van der Waals surface area contributed by atoms with Gasteiger partial charge in [0.1, 0.15) is 7.05 Å². The predicted molar refractivity (Wildman–Crippen MR) is 145 cm³/mol. The first-order chi connectivity index (χ1) is 17.5. The molecule has 36 heavy (non-hydrogen) atoms. The number of quaternary nitrogens is 1. The minimum absolute atomic E-state index is 0.0907. The second-order valence-corrected chi connectivity index (χ2v) is 9.22. The van der Waals surface area contributed by atoms with E-state index in [0.717, 1.165) is 58.9 Å². The highest BCUT2D eigenvalue weighted by atomic mass is 16.2. The lowest BCUT2D eigenvalue weighted by molar-refractivity contribution is -0.121. The van der Waals surface area contributed by atoms with E-state index in [1.165, 1.54) is 0 Å². The van der Waals surface area contributed by atoms with Gasteiger partial charge in [0.2, 0.25) is 17.6 Å². The van der Waals surface area contributed by atoms with Gasteiger partial charge in [0.25, 0.3) is 0 Å². The molecule has 0 saturated carbocycles. The molecule has 1 unspecified atom stereocenters. The van der Waals surface area contributed by atoms with Crippen LogP contribution in [0.15, 0.2) is 94.7 Å². The first-order valence-corrected chi connectivity index (χ1v) is 12.3. The average molecular weight is 478 g/mol. The quantitative estimate of drug-likeness (QED) is 0.270. The molecule has 6 nitrogen and oxygen atoms in total. The van der Waals surface area contributed by atoms with Crippen molar-refractivity contribution >= 4 is 35.1 Å². The lowest BCUT2D eigenvalue weighted by Crippen LogP contribution is -2.43. The third-order valence-corrected chi connectivity index (χ3v) is 6.66. The molecule has 0 bridgehead atoms. The van der Waals surface area contributed by atoms with Crippen LogP contribution in [0, 0.1) is 0 Å². The van der Waals surface area contributed by atoms with Crippen LogP contribution in [0.25, 0.3) is 17.2 Å². The van der Waals surface area contributed by atoms with Gasteiger partial charge in [-0.05, 0) is 46.4 Å². The summed E-state index contributed by atoms with van der Waals surface area (Å²) in [4.78, 5) is 28.7. The molecular weight excluding hydrogens is 448 g/mol. The normalized spacial score (nSPS) is 20.4. The zero-order chi connectivity index (χ0) is 25.1. The Kier molecular flexibility index (Phi) is 6.44. The Labute approximate surface area is 211 Å². The van der Waals surface area contributed by atoms with Gasteiger partial charge < -0.3 is 5.32 Å². The van der Waals surface area contributed by atoms with Crippen LogP contribution in [-0.2, 0) is 9.59 Å². The van der Waals surface area contributed by atoms with Crippen molar-refractivity contribution in [3.63, 3.8) is 0 Å². The number of nitrogens with one attached hydrogen (secondary N) is 1. The fourth-order valence-electron chi connectivity index (χ4n) is 4.61. The van der Waals surface area contributed by atoms with Crippen LogP contribution in [0.3, 0.4) is 0 Å².